The summed E-state index contributed by atoms with van der Waals surface area (Å²) in [5.41, 5.74) is 1.07. The van der Waals surface area contributed by atoms with Crippen molar-refractivity contribution >= 4 is 0 Å². The van der Waals surface area contributed by atoms with Crippen molar-refractivity contribution in [3.05, 3.63) is 36.7 Å². The van der Waals surface area contributed by atoms with E-state index in [0.717, 1.165) is 5.69 Å². The molecule has 0 spiro atoms. The molecular weight excluding hydrogens is 152 g/mol. The minimum Gasteiger partial charge on any atom is -0.347 e. The Morgan fingerprint density at radius 1 is 1.58 bits per heavy atom. The molecule has 0 radical (unpaired) electrons. The Kier molecular flexibility index (Phi) is 1.66. The minimum atomic E-state index is 0.225. The van der Waals surface area contributed by atoms with Crippen molar-refractivity contribution in [2.75, 3.05) is 0 Å². The van der Waals surface area contributed by atoms with Crippen LogP contribution >= 0.6 is 0 Å². The van der Waals surface area contributed by atoms with Gasteiger partial charge in [0, 0.05) is 12.4 Å². The molecule has 4 nitrogen and oxygen atoms in total. The van der Waals surface area contributed by atoms with Gasteiger partial charge in [-0.2, -0.15) is 5.10 Å². The molecule has 1 unspecified atom stereocenters. The highest BCUT2D eigenvalue weighted by Gasteiger charge is 2.07. The normalized spacial score (nSPS) is 13.1. The Balaban J connectivity index is 2.27. The highest BCUT2D eigenvalue weighted by atomic mass is 15.3. The summed E-state index contributed by atoms with van der Waals surface area (Å²) in [4.78, 5) is 7.01. The van der Waals surface area contributed by atoms with Crippen molar-refractivity contribution in [1.82, 2.24) is 19.7 Å². The second kappa shape index (κ2) is 2.81. The second-order valence-electron chi connectivity index (χ2n) is 2.67. The predicted octanol–water partition coefficient (Wildman–Crippen LogP) is 1.22. The van der Waals surface area contributed by atoms with E-state index >= 15 is 0 Å². The van der Waals surface area contributed by atoms with Crippen LogP contribution in [-0.2, 0) is 0 Å². The van der Waals surface area contributed by atoms with Crippen LogP contribution < -0.4 is 0 Å². The largest absolute Gasteiger partial charge is 0.347 e. The van der Waals surface area contributed by atoms with E-state index in [1.165, 1.54) is 0 Å². The Morgan fingerprint density at radius 3 is 3.08 bits per heavy atom. The maximum Gasteiger partial charge on any atom is 0.0922 e. The van der Waals surface area contributed by atoms with E-state index in [9.17, 15) is 0 Å². The third kappa shape index (κ3) is 1.11. The van der Waals surface area contributed by atoms with E-state index < -0.39 is 0 Å². The summed E-state index contributed by atoms with van der Waals surface area (Å²) in [5, 5.41) is 4.14. The highest BCUT2D eigenvalue weighted by molar-refractivity contribution is 5.02. The first-order valence-electron chi connectivity index (χ1n) is 3.85. The molecule has 0 saturated heterocycles. The molecule has 2 rings (SSSR count). The fraction of sp³-hybridized carbons (Fsp3) is 0.250. The van der Waals surface area contributed by atoms with Gasteiger partial charge in [0.2, 0.25) is 0 Å². The third-order valence-corrected chi connectivity index (χ3v) is 1.89. The molecule has 1 atom stereocenters. The van der Waals surface area contributed by atoms with Gasteiger partial charge in [0.25, 0.3) is 0 Å². The molecule has 2 aromatic heterocycles. The average molecular weight is 162 g/mol. The molecule has 2 heterocycles. The average Bonchev–Trinajstić information content (AvgIpc) is 2.77. The zero-order chi connectivity index (χ0) is 8.39. The Bertz CT molecular complexity index is 288. The molecule has 0 saturated carbocycles. The molecular formula is C8H10N4. The summed E-state index contributed by atoms with van der Waals surface area (Å²) in [6, 6.07) is 2.13. The van der Waals surface area contributed by atoms with Gasteiger partial charge in [-0.15, -0.1) is 0 Å². The first-order valence-corrected chi connectivity index (χ1v) is 3.85. The molecule has 0 aliphatic heterocycles. The maximum atomic E-state index is 4.14. The Labute approximate surface area is 70.3 Å². The third-order valence-electron chi connectivity index (χ3n) is 1.89. The van der Waals surface area contributed by atoms with E-state index in [4.69, 9.17) is 0 Å². The molecule has 4 heteroatoms. The summed E-state index contributed by atoms with van der Waals surface area (Å²) in [5.74, 6) is 0. The zero-order valence-corrected chi connectivity index (χ0v) is 6.81. The summed E-state index contributed by atoms with van der Waals surface area (Å²) in [6.07, 6.45) is 7.19. The molecule has 0 fully saturated rings. The lowest BCUT2D eigenvalue weighted by Crippen LogP contribution is -2.07. The molecule has 0 aliphatic rings. The van der Waals surface area contributed by atoms with Crippen molar-refractivity contribution in [3.8, 4) is 0 Å². The first-order chi connectivity index (χ1) is 5.88. The topological polar surface area (TPSA) is 46.5 Å². The van der Waals surface area contributed by atoms with Crippen LogP contribution in [0.15, 0.2) is 31.0 Å². The van der Waals surface area contributed by atoms with Gasteiger partial charge < -0.3 is 4.98 Å². The second-order valence-corrected chi connectivity index (χ2v) is 2.67. The van der Waals surface area contributed by atoms with Gasteiger partial charge in [-0.05, 0) is 13.0 Å². The number of hydrogen-bond acceptors (Lipinski definition) is 2. The summed E-state index contributed by atoms with van der Waals surface area (Å²) >= 11 is 0. The molecule has 0 bridgehead atoms. The standard InChI is InChI=1S/C8H10N4/c1-7(8-5-9-6-10-8)12-4-2-3-11-12/h2-7H,1H3,(H,9,10). The van der Waals surface area contributed by atoms with Gasteiger partial charge in [0.05, 0.1) is 24.3 Å². The van der Waals surface area contributed by atoms with Crippen molar-refractivity contribution in [1.29, 1.82) is 0 Å². The molecule has 2 aromatic rings. The summed E-state index contributed by atoms with van der Waals surface area (Å²) < 4.78 is 1.88. The van der Waals surface area contributed by atoms with Crippen LogP contribution in [-0.4, -0.2) is 19.7 Å². The van der Waals surface area contributed by atoms with Gasteiger partial charge >= 0.3 is 0 Å². The predicted molar refractivity (Wildman–Crippen MR) is 44.6 cm³/mol. The lowest BCUT2D eigenvalue weighted by Gasteiger charge is -2.08. The number of aromatic amines is 1. The van der Waals surface area contributed by atoms with Gasteiger partial charge in [-0.3, -0.25) is 4.68 Å². The minimum absolute atomic E-state index is 0.225. The molecule has 62 valence electrons. The molecule has 0 aromatic carbocycles. The van der Waals surface area contributed by atoms with Crippen LogP contribution in [0.1, 0.15) is 18.7 Å². The fourth-order valence-corrected chi connectivity index (χ4v) is 1.15. The number of aromatic nitrogens is 4. The summed E-state index contributed by atoms with van der Waals surface area (Å²) in [7, 11) is 0. The quantitative estimate of drug-likeness (QED) is 0.721. The van der Waals surface area contributed by atoms with Gasteiger partial charge in [-0.1, -0.05) is 0 Å². The Morgan fingerprint density at radius 2 is 2.50 bits per heavy atom. The maximum absolute atomic E-state index is 4.14. The molecule has 0 aliphatic carbocycles. The van der Waals surface area contributed by atoms with Crippen LogP contribution in [0.2, 0.25) is 0 Å². The molecule has 12 heavy (non-hydrogen) atoms. The van der Waals surface area contributed by atoms with Crippen molar-refractivity contribution < 1.29 is 0 Å². The van der Waals surface area contributed by atoms with Crippen LogP contribution in [0.5, 0.6) is 0 Å². The van der Waals surface area contributed by atoms with Crippen LogP contribution in [0.4, 0.5) is 0 Å². The lowest BCUT2D eigenvalue weighted by atomic mass is 10.3. The number of hydrogen-bond donors (Lipinski definition) is 1. The van der Waals surface area contributed by atoms with E-state index in [-0.39, 0.29) is 6.04 Å². The smallest absolute Gasteiger partial charge is 0.0922 e. The molecule has 0 amide bonds. The van der Waals surface area contributed by atoms with Crippen LogP contribution in [0.3, 0.4) is 0 Å². The molecule has 1 N–H and O–H groups in total. The van der Waals surface area contributed by atoms with E-state index in [1.54, 1.807) is 12.5 Å². The number of nitrogens with zero attached hydrogens (tertiary/aromatic N) is 3. The van der Waals surface area contributed by atoms with Crippen LogP contribution in [0.25, 0.3) is 0 Å². The van der Waals surface area contributed by atoms with Crippen LogP contribution in [0, 0.1) is 0 Å². The van der Waals surface area contributed by atoms with Gasteiger partial charge in [0.15, 0.2) is 0 Å². The highest BCUT2D eigenvalue weighted by Crippen LogP contribution is 2.11. The lowest BCUT2D eigenvalue weighted by molar-refractivity contribution is 0.553. The fourth-order valence-electron chi connectivity index (χ4n) is 1.15. The van der Waals surface area contributed by atoms with Crippen molar-refractivity contribution in [2.24, 2.45) is 0 Å². The van der Waals surface area contributed by atoms with E-state index in [1.807, 2.05) is 23.1 Å². The zero-order valence-electron chi connectivity index (χ0n) is 6.81. The SMILES string of the molecule is CC(c1cnc[nH]1)n1cccn1. The monoisotopic (exact) mass is 162 g/mol. The van der Waals surface area contributed by atoms with E-state index in [0.29, 0.717) is 0 Å². The van der Waals surface area contributed by atoms with E-state index in [2.05, 4.69) is 22.0 Å². The first kappa shape index (κ1) is 7.09. The Hall–Kier alpha value is -1.58. The number of H-pyrrole nitrogens is 1. The van der Waals surface area contributed by atoms with Crippen molar-refractivity contribution in [3.63, 3.8) is 0 Å². The number of rotatable bonds is 2. The summed E-state index contributed by atoms with van der Waals surface area (Å²) in [6.45, 7) is 2.07. The van der Waals surface area contributed by atoms with Gasteiger partial charge in [-0.25, -0.2) is 4.98 Å². The van der Waals surface area contributed by atoms with Gasteiger partial charge in [0.1, 0.15) is 0 Å². The van der Waals surface area contributed by atoms with Crippen molar-refractivity contribution in [2.45, 2.75) is 13.0 Å². The number of nitrogens with one attached hydrogen (secondary N) is 1. The number of imidazole rings is 1.